The number of furan rings is 1. The van der Waals surface area contributed by atoms with Gasteiger partial charge in [-0.3, -0.25) is 4.98 Å². The lowest BCUT2D eigenvalue weighted by molar-refractivity contribution is 0.392. The number of anilines is 1. The van der Waals surface area contributed by atoms with Crippen LogP contribution in [0.25, 0.3) is 11.3 Å². The van der Waals surface area contributed by atoms with Crippen LogP contribution in [0.4, 0.5) is 5.69 Å². The van der Waals surface area contributed by atoms with Gasteiger partial charge in [0.1, 0.15) is 29.1 Å². The maximum Gasteiger partial charge on any atom is 0.174 e. The van der Waals surface area contributed by atoms with Gasteiger partial charge in [-0.1, -0.05) is 29.3 Å². The molecule has 1 aliphatic rings. The highest BCUT2D eigenvalue weighted by Crippen LogP contribution is 2.46. The summed E-state index contributed by atoms with van der Waals surface area (Å²) in [6, 6.07) is 19.9. The minimum Gasteiger partial charge on any atom is -0.497 e. The van der Waals surface area contributed by atoms with E-state index in [0.29, 0.717) is 38.2 Å². The van der Waals surface area contributed by atoms with Crippen LogP contribution in [0.3, 0.4) is 0 Å². The quantitative estimate of drug-likeness (QED) is 0.276. The average Bonchev–Trinajstić information content (AvgIpc) is 3.48. The molecule has 9 heteroatoms. The lowest BCUT2D eigenvalue weighted by Gasteiger charge is -2.27. The number of ether oxygens (including phenoxy) is 2. The molecular formula is C26H21Cl2N3O3S. The van der Waals surface area contributed by atoms with E-state index in [9.17, 15) is 0 Å². The second kappa shape index (κ2) is 9.77. The van der Waals surface area contributed by atoms with E-state index in [0.717, 1.165) is 16.9 Å². The van der Waals surface area contributed by atoms with Crippen molar-refractivity contribution in [2.75, 3.05) is 19.1 Å². The zero-order chi connectivity index (χ0) is 24.5. The zero-order valence-electron chi connectivity index (χ0n) is 18.9. The van der Waals surface area contributed by atoms with Crippen LogP contribution in [-0.2, 0) is 0 Å². The first-order chi connectivity index (χ1) is 17.0. The van der Waals surface area contributed by atoms with Gasteiger partial charge >= 0.3 is 0 Å². The molecule has 2 aromatic carbocycles. The van der Waals surface area contributed by atoms with Crippen LogP contribution in [0.1, 0.15) is 23.5 Å². The van der Waals surface area contributed by atoms with Crippen molar-refractivity contribution in [1.29, 1.82) is 0 Å². The van der Waals surface area contributed by atoms with Crippen LogP contribution in [0.15, 0.2) is 77.3 Å². The van der Waals surface area contributed by atoms with Crippen LogP contribution >= 0.6 is 35.4 Å². The highest BCUT2D eigenvalue weighted by molar-refractivity contribution is 7.80. The van der Waals surface area contributed by atoms with Crippen LogP contribution in [0.5, 0.6) is 11.5 Å². The SMILES string of the molecule is COc1ccc(N2C(=S)N[C@@H](c3ccccn3)[C@H]2c2ccc(-c3ccc(Cl)cc3Cl)o2)c(OC)c1. The smallest absolute Gasteiger partial charge is 0.174 e. The minimum absolute atomic E-state index is 0.268. The Morgan fingerprint density at radius 2 is 1.86 bits per heavy atom. The van der Waals surface area contributed by atoms with Crippen LogP contribution < -0.4 is 19.7 Å². The minimum atomic E-state index is -0.348. The summed E-state index contributed by atoms with van der Waals surface area (Å²) in [5, 5.41) is 5.01. The van der Waals surface area contributed by atoms with Gasteiger partial charge in [0.25, 0.3) is 0 Å². The summed E-state index contributed by atoms with van der Waals surface area (Å²) in [6.45, 7) is 0. The van der Waals surface area contributed by atoms with Gasteiger partial charge in [-0.25, -0.2) is 0 Å². The molecule has 0 amide bonds. The predicted octanol–water partition coefficient (Wildman–Crippen LogP) is 6.84. The molecule has 0 saturated carbocycles. The number of benzene rings is 2. The molecule has 5 rings (SSSR count). The number of hydrogen-bond acceptors (Lipinski definition) is 5. The van der Waals surface area contributed by atoms with Crippen molar-refractivity contribution in [3.63, 3.8) is 0 Å². The van der Waals surface area contributed by atoms with E-state index < -0.39 is 0 Å². The summed E-state index contributed by atoms with van der Waals surface area (Å²) >= 11 is 18.3. The molecule has 3 heterocycles. The van der Waals surface area contributed by atoms with Crippen molar-refractivity contribution in [3.05, 3.63) is 94.4 Å². The fraction of sp³-hybridized carbons (Fsp3) is 0.154. The lowest BCUT2D eigenvalue weighted by atomic mass is 10.0. The molecule has 4 aromatic rings. The third-order valence-electron chi connectivity index (χ3n) is 5.86. The largest absolute Gasteiger partial charge is 0.497 e. The van der Waals surface area contributed by atoms with Crippen LogP contribution in [0.2, 0.25) is 10.0 Å². The molecule has 2 aromatic heterocycles. The Bertz CT molecular complexity index is 1380. The maximum atomic E-state index is 6.45. The van der Waals surface area contributed by atoms with E-state index in [1.807, 2.05) is 59.5 Å². The van der Waals surface area contributed by atoms with Crippen molar-refractivity contribution in [2.24, 2.45) is 0 Å². The molecule has 1 saturated heterocycles. The van der Waals surface area contributed by atoms with E-state index in [2.05, 4.69) is 10.3 Å². The Morgan fingerprint density at radius 1 is 1.00 bits per heavy atom. The first kappa shape index (κ1) is 23.5. The number of thiocarbonyl (C=S) groups is 1. The topological polar surface area (TPSA) is 59.8 Å². The third kappa shape index (κ3) is 4.43. The third-order valence-corrected chi connectivity index (χ3v) is 6.72. The molecule has 1 N–H and O–H groups in total. The highest BCUT2D eigenvalue weighted by atomic mass is 35.5. The van der Waals surface area contributed by atoms with Gasteiger partial charge in [0.05, 0.1) is 36.7 Å². The summed E-state index contributed by atoms with van der Waals surface area (Å²) in [4.78, 5) is 6.57. The first-order valence-electron chi connectivity index (χ1n) is 10.8. The standard InChI is InChI=1S/C26H21Cl2N3O3S/c1-32-16-7-9-20(23(14-16)33-2)31-25(24(30-26(31)35)19-5-3-4-12-29-19)22-11-10-21(34-22)17-8-6-15(27)13-18(17)28/h3-14,24-25H,1-2H3,(H,30,35)/t24-,25+/m0/s1. The number of nitrogens with zero attached hydrogens (tertiary/aromatic N) is 2. The van der Waals surface area contributed by atoms with E-state index >= 15 is 0 Å². The van der Waals surface area contributed by atoms with Gasteiger partial charge in [0.2, 0.25) is 0 Å². The molecule has 0 bridgehead atoms. The molecule has 0 aliphatic carbocycles. The fourth-order valence-electron chi connectivity index (χ4n) is 4.23. The zero-order valence-corrected chi connectivity index (χ0v) is 21.2. The number of nitrogens with one attached hydrogen (secondary N) is 1. The van der Waals surface area contributed by atoms with Crippen molar-refractivity contribution in [2.45, 2.75) is 12.1 Å². The molecule has 0 radical (unpaired) electrons. The highest BCUT2D eigenvalue weighted by Gasteiger charge is 2.43. The van der Waals surface area contributed by atoms with Gasteiger partial charge in [-0.15, -0.1) is 0 Å². The van der Waals surface area contributed by atoms with E-state index in [-0.39, 0.29) is 12.1 Å². The van der Waals surface area contributed by atoms with Gasteiger partial charge in [-0.2, -0.15) is 0 Å². The molecule has 35 heavy (non-hydrogen) atoms. The second-order valence-corrected chi connectivity index (χ2v) is 9.09. The van der Waals surface area contributed by atoms with Crippen LogP contribution in [-0.4, -0.2) is 24.3 Å². The molecule has 1 aliphatic heterocycles. The molecule has 0 spiro atoms. The normalized spacial score (nSPS) is 17.4. The number of rotatable bonds is 6. The molecular weight excluding hydrogens is 505 g/mol. The maximum absolute atomic E-state index is 6.45. The number of hydrogen-bond donors (Lipinski definition) is 1. The predicted molar refractivity (Wildman–Crippen MR) is 142 cm³/mol. The lowest BCUT2D eigenvalue weighted by Crippen LogP contribution is -2.29. The summed E-state index contributed by atoms with van der Waals surface area (Å²) in [5.74, 6) is 2.61. The van der Waals surface area contributed by atoms with E-state index in [1.165, 1.54) is 0 Å². The van der Waals surface area contributed by atoms with Gasteiger partial charge in [-0.05, 0) is 66.8 Å². The van der Waals surface area contributed by atoms with Crippen molar-refractivity contribution in [1.82, 2.24) is 10.3 Å². The summed E-state index contributed by atoms with van der Waals surface area (Å²) in [7, 11) is 3.23. The molecule has 1 fully saturated rings. The molecule has 2 atom stereocenters. The van der Waals surface area contributed by atoms with Gasteiger partial charge in [0.15, 0.2) is 5.11 Å². The van der Waals surface area contributed by atoms with Gasteiger partial charge < -0.3 is 24.1 Å². The van der Waals surface area contributed by atoms with Crippen molar-refractivity contribution < 1.29 is 13.9 Å². The number of methoxy groups -OCH3 is 2. The molecule has 6 nitrogen and oxygen atoms in total. The molecule has 0 unspecified atom stereocenters. The Labute approximate surface area is 218 Å². The van der Waals surface area contributed by atoms with Gasteiger partial charge in [0, 0.05) is 22.8 Å². The summed E-state index contributed by atoms with van der Waals surface area (Å²) in [5.41, 5.74) is 2.35. The van der Waals surface area contributed by atoms with Crippen molar-refractivity contribution in [3.8, 4) is 22.8 Å². The Hall–Kier alpha value is -3.26. The fourth-order valence-corrected chi connectivity index (χ4v) is 5.07. The van der Waals surface area contributed by atoms with Crippen LogP contribution in [0, 0.1) is 0 Å². The monoisotopic (exact) mass is 525 g/mol. The number of pyridine rings is 1. The summed E-state index contributed by atoms with van der Waals surface area (Å²) < 4.78 is 17.4. The van der Waals surface area contributed by atoms with E-state index in [1.54, 1.807) is 32.5 Å². The molecule has 178 valence electrons. The summed E-state index contributed by atoms with van der Waals surface area (Å²) in [6.07, 6.45) is 1.76. The Morgan fingerprint density at radius 3 is 2.57 bits per heavy atom. The first-order valence-corrected chi connectivity index (χ1v) is 11.9. The number of halogens is 2. The Kier molecular flexibility index (Phi) is 6.56. The van der Waals surface area contributed by atoms with Crippen molar-refractivity contribution >= 4 is 46.2 Å². The average molecular weight is 526 g/mol. The Balaban J connectivity index is 1.63. The number of aromatic nitrogens is 1. The second-order valence-electron chi connectivity index (χ2n) is 7.86. The van der Waals surface area contributed by atoms with E-state index in [4.69, 9.17) is 49.3 Å².